The molecule has 0 aliphatic carbocycles. The number of anilines is 1. The second-order valence-corrected chi connectivity index (χ2v) is 5.96. The summed E-state index contributed by atoms with van der Waals surface area (Å²) < 4.78 is 0. The van der Waals surface area contributed by atoms with Gasteiger partial charge in [-0.05, 0) is 31.2 Å². The molecule has 0 saturated carbocycles. The molecule has 1 aromatic carbocycles. The third kappa shape index (κ3) is 3.66. The highest BCUT2D eigenvalue weighted by Crippen LogP contribution is 2.19. The Hall–Kier alpha value is -1.69. The van der Waals surface area contributed by atoms with Gasteiger partial charge in [-0.25, -0.2) is 9.59 Å². The van der Waals surface area contributed by atoms with Gasteiger partial charge < -0.3 is 15.3 Å². The van der Waals surface area contributed by atoms with Crippen LogP contribution in [0.2, 0.25) is 0 Å². The summed E-state index contributed by atoms with van der Waals surface area (Å²) >= 11 is 1.84. The van der Waals surface area contributed by atoms with Crippen LogP contribution in [0.1, 0.15) is 22.3 Å². The van der Waals surface area contributed by atoms with Crippen LogP contribution in [0.3, 0.4) is 0 Å². The first-order chi connectivity index (χ1) is 9.58. The van der Waals surface area contributed by atoms with Crippen LogP contribution >= 0.6 is 11.8 Å². The van der Waals surface area contributed by atoms with Gasteiger partial charge in [0.2, 0.25) is 0 Å². The SMILES string of the molecule is Cc1ccc(NC(=O)N2CCCSCC2)c(C(=O)O)c1. The van der Waals surface area contributed by atoms with Gasteiger partial charge in [0.1, 0.15) is 0 Å². The van der Waals surface area contributed by atoms with Crippen LogP contribution in [0.25, 0.3) is 0 Å². The Labute approximate surface area is 122 Å². The number of aromatic carboxylic acids is 1. The van der Waals surface area contributed by atoms with Crippen LogP contribution in [0.4, 0.5) is 10.5 Å². The van der Waals surface area contributed by atoms with Gasteiger partial charge in [-0.1, -0.05) is 11.6 Å². The highest BCUT2D eigenvalue weighted by atomic mass is 32.2. The van der Waals surface area contributed by atoms with Crippen molar-refractivity contribution in [3.8, 4) is 0 Å². The van der Waals surface area contributed by atoms with Crippen molar-refractivity contribution in [2.24, 2.45) is 0 Å². The molecule has 1 aliphatic heterocycles. The topological polar surface area (TPSA) is 69.6 Å². The molecule has 0 radical (unpaired) electrons. The number of rotatable bonds is 2. The minimum atomic E-state index is -1.03. The van der Waals surface area contributed by atoms with E-state index in [4.69, 9.17) is 0 Å². The Morgan fingerprint density at radius 2 is 2.10 bits per heavy atom. The van der Waals surface area contributed by atoms with Gasteiger partial charge in [0, 0.05) is 18.8 Å². The fourth-order valence-corrected chi connectivity index (χ4v) is 2.97. The summed E-state index contributed by atoms with van der Waals surface area (Å²) in [5.41, 5.74) is 1.33. The number of benzene rings is 1. The van der Waals surface area contributed by atoms with Crippen LogP contribution in [0.5, 0.6) is 0 Å². The quantitative estimate of drug-likeness (QED) is 0.880. The van der Waals surface area contributed by atoms with Crippen molar-refractivity contribution in [1.82, 2.24) is 4.90 Å². The standard InChI is InChI=1S/C14H18N2O3S/c1-10-3-4-12(11(9-10)13(17)18)15-14(19)16-5-2-7-20-8-6-16/h3-4,9H,2,5-8H2,1H3,(H,15,19)(H,17,18). The Morgan fingerprint density at radius 1 is 1.30 bits per heavy atom. The third-order valence-electron chi connectivity index (χ3n) is 3.16. The molecule has 1 heterocycles. The summed E-state index contributed by atoms with van der Waals surface area (Å²) in [4.78, 5) is 25.2. The van der Waals surface area contributed by atoms with E-state index in [2.05, 4.69) is 5.32 Å². The van der Waals surface area contributed by atoms with Crippen LogP contribution in [0, 0.1) is 6.92 Å². The zero-order chi connectivity index (χ0) is 14.5. The molecule has 0 atom stereocenters. The van der Waals surface area contributed by atoms with E-state index >= 15 is 0 Å². The average Bonchev–Trinajstić information content (AvgIpc) is 2.69. The Morgan fingerprint density at radius 3 is 2.85 bits per heavy atom. The predicted octanol–water partition coefficient (Wildman–Crippen LogP) is 2.66. The zero-order valence-corrected chi connectivity index (χ0v) is 12.2. The van der Waals surface area contributed by atoms with Gasteiger partial charge in [-0.2, -0.15) is 11.8 Å². The minimum Gasteiger partial charge on any atom is -0.478 e. The molecule has 2 rings (SSSR count). The maximum atomic E-state index is 12.2. The van der Waals surface area contributed by atoms with E-state index < -0.39 is 5.97 Å². The van der Waals surface area contributed by atoms with Crippen molar-refractivity contribution in [1.29, 1.82) is 0 Å². The number of nitrogens with one attached hydrogen (secondary N) is 1. The maximum absolute atomic E-state index is 12.2. The number of carboxylic acid groups (broad SMARTS) is 1. The summed E-state index contributed by atoms with van der Waals surface area (Å²) in [5, 5.41) is 11.9. The van der Waals surface area contributed by atoms with Crippen molar-refractivity contribution >= 4 is 29.4 Å². The average molecular weight is 294 g/mol. The summed E-state index contributed by atoms with van der Waals surface area (Å²) in [6.07, 6.45) is 0.970. The number of aryl methyl sites for hydroxylation is 1. The molecule has 6 heteroatoms. The third-order valence-corrected chi connectivity index (χ3v) is 4.21. The number of nitrogens with zero attached hydrogens (tertiary/aromatic N) is 1. The molecular formula is C14H18N2O3S. The lowest BCUT2D eigenvalue weighted by Crippen LogP contribution is -2.36. The normalized spacial score (nSPS) is 15.6. The molecule has 1 aromatic rings. The van der Waals surface area contributed by atoms with Crippen molar-refractivity contribution < 1.29 is 14.7 Å². The van der Waals surface area contributed by atoms with Crippen LogP contribution in [-0.4, -0.2) is 46.6 Å². The number of carbonyl (C=O) groups is 2. The number of urea groups is 1. The monoisotopic (exact) mass is 294 g/mol. The first-order valence-corrected chi connectivity index (χ1v) is 7.71. The molecule has 108 valence electrons. The molecule has 1 fully saturated rings. The molecule has 2 amide bonds. The van der Waals surface area contributed by atoms with E-state index in [0.717, 1.165) is 23.5 Å². The smallest absolute Gasteiger partial charge is 0.337 e. The Bertz CT molecular complexity index is 511. The first-order valence-electron chi connectivity index (χ1n) is 6.55. The Kier molecular flexibility index (Phi) is 4.89. The summed E-state index contributed by atoms with van der Waals surface area (Å²) in [5.74, 6) is 0.956. The van der Waals surface area contributed by atoms with Gasteiger partial charge in [-0.15, -0.1) is 0 Å². The molecule has 0 bridgehead atoms. The molecular weight excluding hydrogens is 276 g/mol. The fourth-order valence-electron chi connectivity index (χ4n) is 2.09. The molecule has 1 saturated heterocycles. The molecule has 1 aliphatic rings. The lowest BCUT2D eigenvalue weighted by molar-refractivity contribution is 0.0698. The first kappa shape index (κ1) is 14.7. The van der Waals surface area contributed by atoms with Crippen molar-refractivity contribution in [3.63, 3.8) is 0 Å². The zero-order valence-electron chi connectivity index (χ0n) is 11.4. The second kappa shape index (κ2) is 6.65. The number of hydrogen-bond acceptors (Lipinski definition) is 3. The molecule has 5 nitrogen and oxygen atoms in total. The van der Waals surface area contributed by atoms with Crippen molar-refractivity contribution in [3.05, 3.63) is 29.3 Å². The largest absolute Gasteiger partial charge is 0.478 e. The van der Waals surface area contributed by atoms with E-state index in [9.17, 15) is 14.7 Å². The summed E-state index contributed by atoms with van der Waals surface area (Å²) in [7, 11) is 0. The molecule has 0 aromatic heterocycles. The Balaban J connectivity index is 2.12. The second-order valence-electron chi connectivity index (χ2n) is 4.74. The predicted molar refractivity (Wildman–Crippen MR) is 80.7 cm³/mol. The van der Waals surface area contributed by atoms with Crippen molar-refractivity contribution in [2.45, 2.75) is 13.3 Å². The summed E-state index contributed by atoms with van der Waals surface area (Å²) in [6, 6.07) is 4.78. The van der Waals surface area contributed by atoms with E-state index in [-0.39, 0.29) is 11.6 Å². The van der Waals surface area contributed by atoms with Gasteiger partial charge in [0.25, 0.3) is 0 Å². The lowest BCUT2D eigenvalue weighted by Gasteiger charge is -2.21. The van der Waals surface area contributed by atoms with E-state index in [1.165, 1.54) is 0 Å². The van der Waals surface area contributed by atoms with Crippen molar-refractivity contribution in [2.75, 3.05) is 29.9 Å². The van der Waals surface area contributed by atoms with Gasteiger partial charge in [0.15, 0.2) is 0 Å². The summed E-state index contributed by atoms with van der Waals surface area (Å²) in [6.45, 7) is 3.24. The highest BCUT2D eigenvalue weighted by Gasteiger charge is 2.18. The van der Waals surface area contributed by atoms with Gasteiger partial charge in [0.05, 0.1) is 11.3 Å². The number of carboxylic acids is 1. The fraction of sp³-hybridized carbons (Fsp3) is 0.429. The maximum Gasteiger partial charge on any atom is 0.337 e. The number of thioether (sulfide) groups is 1. The van der Waals surface area contributed by atoms with Crippen LogP contribution in [0.15, 0.2) is 18.2 Å². The number of carbonyl (C=O) groups excluding carboxylic acids is 1. The van der Waals surface area contributed by atoms with Gasteiger partial charge in [-0.3, -0.25) is 0 Å². The minimum absolute atomic E-state index is 0.127. The number of hydrogen-bond donors (Lipinski definition) is 2. The van der Waals surface area contributed by atoms with Crippen LogP contribution < -0.4 is 5.32 Å². The van der Waals surface area contributed by atoms with E-state index in [1.807, 2.05) is 18.7 Å². The highest BCUT2D eigenvalue weighted by molar-refractivity contribution is 7.99. The van der Waals surface area contributed by atoms with E-state index in [1.54, 1.807) is 23.1 Å². The van der Waals surface area contributed by atoms with Gasteiger partial charge >= 0.3 is 12.0 Å². The van der Waals surface area contributed by atoms with E-state index in [0.29, 0.717) is 18.8 Å². The lowest BCUT2D eigenvalue weighted by atomic mass is 10.1. The van der Waals surface area contributed by atoms with Crippen LogP contribution in [-0.2, 0) is 0 Å². The number of amides is 2. The molecule has 20 heavy (non-hydrogen) atoms. The molecule has 0 unspecified atom stereocenters. The molecule has 2 N–H and O–H groups in total. The molecule has 0 spiro atoms.